The molecule has 0 aliphatic carbocycles. The third-order valence-electron chi connectivity index (χ3n) is 3.26. The summed E-state index contributed by atoms with van der Waals surface area (Å²) in [6.45, 7) is 12.0. The predicted octanol–water partition coefficient (Wildman–Crippen LogP) is 2.99. The van der Waals surface area contributed by atoms with E-state index in [1.54, 1.807) is 0 Å². The van der Waals surface area contributed by atoms with Gasteiger partial charge in [-0.05, 0) is 54.5 Å². The third-order valence-corrected chi connectivity index (χ3v) is 3.26. The SMILES string of the molecule is CCC(C)(C)c1c(C)cc(C)cc1OC(C)=O.O=S(=O)(O)S.[NaH]. The molecule has 0 aliphatic heterocycles. The van der Waals surface area contributed by atoms with Crippen molar-refractivity contribution in [1.29, 1.82) is 0 Å². The van der Waals surface area contributed by atoms with Gasteiger partial charge in [0, 0.05) is 12.5 Å². The molecular weight excluding hydrogens is 347 g/mol. The standard InChI is InChI=1S/C15H22O2.Na.H2O3S2.H/c1-7-15(5,6)14-11(3)8-10(2)9-13(14)17-12(4)16;;1-5(2,3)4;/h8-9H,7H2,1-6H3;;(H2,1,2,3,4);. The van der Waals surface area contributed by atoms with Gasteiger partial charge in [-0.2, -0.15) is 8.42 Å². The molecule has 5 nitrogen and oxygen atoms in total. The maximum absolute atomic E-state index is 11.2. The molecule has 0 saturated heterocycles. The van der Waals surface area contributed by atoms with Gasteiger partial charge in [0.25, 0.3) is 0 Å². The molecule has 0 saturated carbocycles. The van der Waals surface area contributed by atoms with Gasteiger partial charge in [-0.25, -0.2) is 0 Å². The quantitative estimate of drug-likeness (QED) is 0.213. The molecule has 0 fully saturated rings. The van der Waals surface area contributed by atoms with E-state index in [-0.39, 0.29) is 40.9 Å². The Bertz CT molecular complexity index is 632. The zero-order valence-corrected chi connectivity index (χ0v) is 15.5. The topological polar surface area (TPSA) is 80.7 Å². The van der Waals surface area contributed by atoms with Crippen molar-refractivity contribution >= 4 is 56.3 Å². The van der Waals surface area contributed by atoms with E-state index in [0.717, 1.165) is 17.5 Å². The third kappa shape index (κ3) is 10.4. The number of benzene rings is 1. The van der Waals surface area contributed by atoms with Crippen molar-refractivity contribution in [2.24, 2.45) is 0 Å². The first-order valence-corrected chi connectivity index (χ1v) is 9.27. The number of carbonyl (C=O) groups is 1. The summed E-state index contributed by atoms with van der Waals surface area (Å²) in [5.41, 5.74) is 3.46. The average Bonchev–Trinajstić information content (AvgIpc) is 2.24. The van der Waals surface area contributed by atoms with Crippen molar-refractivity contribution in [2.75, 3.05) is 0 Å². The number of hydrogen-bond donors (Lipinski definition) is 2. The van der Waals surface area contributed by atoms with Crippen LogP contribution in [0.3, 0.4) is 0 Å². The first-order valence-electron chi connectivity index (χ1n) is 6.78. The molecule has 0 heterocycles. The van der Waals surface area contributed by atoms with Crippen molar-refractivity contribution in [3.8, 4) is 5.75 Å². The van der Waals surface area contributed by atoms with Gasteiger partial charge in [-0.3, -0.25) is 9.35 Å². The average molecular weight is 372 g/mol. The molecule has 0 aliphatic rings. The molecule has 8 heteroatoms. The van der Waals surface area contributed by atoms with E-state index in [1.165, 1.54) is 12.5 Å². The van der Waals surface area contributed by atoms with Crippen molar-refractivity contribution < 1.29 is 22.5 Å². The Labute approximate surface area is 166 Å². The number of esters is 1. The van der Waals surface area contributed by atoms with E-state index in [9.17, 15) is 4.79 Å². The maximum atomic E-state index is 11.2. The van der Waals surface area contributed by atoms with Gasteiger partial charge in [0.1, 0.15) is 5.75 Å². The summed E-state index contributed by atoms with van der Waals surface area (Å²) in [5, 5.41) is 0. The molecule has 1 aromatic rings. The summed E-state index contributed by atoms with van der Waals surface area (Å²) in [6.07, 6.45) is 1.01. The van der Waals surface area contributed by atoms with Gasteiger partial charge in [-0.15, -0.1) is 0 Å². The van der Waals surface area contributed by atoms with Gasteiger partial charge in [0.2, 0.25) is 0 Å². The number of thiol groups is 1. The van der Waals surface area contributed by atoms with Crippen molar-refractivity contribution in [1.82, 2.24) is 0 Å². The molecule has 0 amide bonds. The van der Waals surface area contributed by atoms with Crippen molar-refractivity contribution in [2.45, 2.75) is 53.4 Å². The van der Waals surface area contributed by atoms with Crippen LogP contribution in [0.4, 0.5) is 0 Å². The predicted molar refractivity (Wildman–Crippen MR) is 98.2 cm³/mol. The second-order valence-electron chi connectivity index (χ2n) is 5.73. The molecule has 0 bridgehead atoms. The van der Waals surface area contributed by atoms with E-state index in [4.69, 9.17) is 17.7 Å². The fraction of sp³-hybridized carbons (Fsp3) is 0.533. The molecule has 0 aromatic heterocycles. The molecule has 1 N–H and O–H groups in total. The molecule has 0 radical (unpaired) electrons. The van der Waals surface area contributed by atoms with Gasteiger partial charge >= 0.3 is 44.7 Å². The van der Waals surface area contributed by atoms with Crippen LogP contribution in [-0.2, 0) is 19.4 Å². The molecule has 128 valence electrons. The zero-order chi connectivity index (χ0) is 17.7. The summed E-state index contributed by atoms with van der Waals surface area (Å²) >= 11 is 2.65. The van der Waals surface area contributed by atoms with Crippen LogP contribution >= 0.6 is 11.7 Å². The Morgan fingerprint density at radius 2 is 1.74 bits per heavy atom. The van der Waals surface area contributed by atoms with Crippen LogP contribution in [0.15, 0.2) is 12.1 Å². The summed E-state index contributed by atoms with van der Waals surface area (Å²) in [7, 11) is -3.97. The Kier molecular flexibility index (Phi) is 11.0. The summed E-state index contributed by atoms with van der Waals surface area (Å²) in [4.78, 5) is 11.2. The summed E-state index contributed by atoms with van der Waals surface area (Å²) in [6, 6.07) is 4.08. The monoisotopic (exact) mass is 372 g/mol. The Hall–Kier alpha value is -0.0500. The Morgan fingerprint density at radius 1 is 1.30 bits per heavy atom. The van der Waals surface area contributed by atoms with E-state index >= 15 is 0 Å². The fourth-order valence-corrected chi connectivity index (χ4v) is 2.21. The molecular formula is C15H25NaO5S2. The van der Waals surface area contributed by atoms with Crippen LogP contribution in [0.1, 0.15) is 50.8 Å². The first-order chi connectivity index (χ1) is 9.77. The van der Waals surface area contributed by atoms with E-state index < -0.39 is 9.15 Å². The molecule has 23 heavy (non-hydrogen) atoms. The Balaban J connectivity index is 0. The number of ether oxygens (including phenoxy) is 1. The minimum absolute atomic E-state index is 0. The van der Waals surface area contributed by atoms with Crippen molar-refractivity contribution in [3.05, 3.63) is 28.8 Å². The summed E-state index contributed by atoms with van der Waals surface area (Å²) < 4.78 is 30.8. The van der Waals surface area contributed by atoms with Crippen LogP contribution in [0.2, 0.25) is 0 Å². The van der Waals surface area contributed by atoms with Gasteiger partial charge in [0.05, 0.1) is 0 Å². The minimum atomic E-state index is -3.97. The second-order valence-corrected chi connectivity index (χ2v) is 8.01. The number of aryl methyl sites for hydroxylation is 2. The van der Waals surface area contributed by atoms with E-state index in [1.807, 2.05) is 13.0 Å². The van der Waals surface area contributed by atoms with Crippen LogP contribution in [0.5, 0.6) is 5.75 Å². The molecule has 1 aromatic carbocycles. The van der Waals surface area contributed by atoms with Crippen LogP contribution < -0.4 is 4.74 Å². The van der Waals surface area contributed by atoms with E-state index in [2.05, 4.69) is 45.4 Å². The molecule has 1 rings (SSSR count). The van der Waals surface area contributed by atoms with Gasteiger partial charge < -0.3 is 4.74 Å². The van der Waals surface area contributed by atoms with Crippen LogP contribution in [0.25, 0.3) is 0 Å². The Morgan fingerprint density at radius 3 is 2.09 bits per heavy atom. The fourth-order valence-electron chi connectivity index (χ4n) is 2.21. The molecule has 0 spiro atoms. The normalized spacial score (nSPS) is 11.0. The van der Waals surface area contributed by atoms with Crippen LogP contribution in [-0.4, -0.2) is 48.5 Å². The number of carbonyl (C=O) groups excluding carboxylic acids is 1. The van der Waals surface area contributed by atoms with E-state index in [0.29, 0.717) is 5.75 Å². The van der Waals surface area contributed by atoms with Gasteiger partial charge in [-0.1, -0.05) is 26.8 Å². The molecule has 0 unspecified atom stereocenters. The zero-order valence-electron chi connectivity index (χ0n) is 13.8. The van der Waals surface area contributed by atoms with Crippen LogP contribution in [0, 0.1) is 13.8 Å². The first kappa shape index (κ1) is 25.2. The molecule has 0 atom stereocenters. The second kappa shape index (κ2) is 10.1. The summed E-state index contributed by atoms with van der Waals surface area (Å²) in [5.74, 6) is 0.449. The van der Waals surface area contributed by atoms with Crippen molar-refractivity contribution in [3.63, 3.8) is 0 Å². The number of hydrogen-bond acceptors (Lipinski definition) is 4. The number of rotatable bonds is 3. The van der Waals surface area contributed by atoms with Gasteiger partial charge in [0.15, 0.2) is 0 Å².